The summed E-state index contributed by atoms with van der Waals surface area (Å²) in [7, 11) is 0. The van der Waals surface area contributed by atoms with Gasteiger partial charge in [-0.2, -0.15) is 0 Å². The first-order chi connectivity index (χ1) is 10.1. The summed E-state index contributed by atoms with van der Waals surface area (Å²) in [5.41, 5.74) is 9.54. The van der Waals surface area contributed by atoms with E-state index in [1.165, 1.54) is 18.3 Å². The molecule has 0 spiro atoms. The molecule has 0 radical (unpaired) electrons. The number of aliphatic imine (C=N–C) groups is 1. The molecule has 0 saturated carbocycles. The first kappa shape index (κ1) is 15.0. The molecule has 1 atom stereocenters. The van der Waals surface area contributed by atoms with Crippen LogP contribution in [-0.4, -0.2) is 6.21 Å². The molecule has 0 aliphatic heterocycles. The molecule has 21 heavy (non-hydrogen) atoms. The summed E-state index contributed by atoms with van der Waals surface area (Å²) in [5.74, 6) is -0.221. The molecule has 0 aliphatic carbocycles. The lowest BCUT2D eigenvalue weighted by molar-refractivity contribution is 0.628. The van der Waals surface area contributed by atoms with Gasteiger partial charge in [0.05, 0.1) is 6.04 Å². The molecule has 2 nitrogen and oxygen atoms in total. The molecule has 2 aromatic carbocycles. The van der Waals surface area contributed by atoms with Gasteiger partial charge in [0.1, 0.15) is 5.82 Å². The van der Waals surface area contributed by atoms with E-state index in [0.717, 1.165) is 22.3 Å². The molecule has 1 unspecified atom stereocenters. The molecule has 0 aromatic heterocycles. The Balaban J connectivity index is 2.15. The van der Waals surface area contributed by atoms with Gasteiger partial charge in [-0.15, -0.1) is 0 Å². The van der Waals surface area contributed by atoms with E-state index in [2.05, 4.69) is 4.99 Å². The number of nitrogens with two attached hydrogens (primary N) is 1. The molecular weight excluding hydrogens is 263 g/mol. The van der Waals surface area contributed by atoms with Gasteiger partial charge in [0.2, 0.25) is 0 Å². The third kappa shape index (κ3) is 4.02. The molecule has 0 bridgehead atoms. The van der Waals surface area contributed by atoms with Gasteiger partial charge in [0.15, 0.2) is 0 Å². The van der Waals surface area contributed by atoms with Gasteiger partial charge in [-0.3, -0.25) is 4.99 Å². The lowest BCUT2D eigenvalue weighted by Crippen LogP contribution is -1.92. The van der Waals surface area contributed by atoms with E-state index in [4.69, 9.17) is 5.73 Å². The van der Waals surface area contributed by atoms with Crippen LogP contribution in [0.1, 0.15) is 25.5 Å². The quantitative estimate of drug-likeness (QED) is 0.824. The lowest BCUT2D eigenvalue weighted by atomic mass is 10.0. The lowest BCUT2D eigenvalue weighted by Gasteiger charge is -2.08. The summed E-state index contributed by atoms with van der Waals surface area (Å²) >= 11 is 0. The zero-order valence-corrected chi connectivity index (χ0v) is 12.3. The molecule has 108 valence electrons. The molecule has 0 saturated heterocycles. The maximum Gasteiger partial charge on any atom is 0.123 e. The summed E-state index contributed by atoms with van der Waals surface area (Å²) in [4.78, 5) is 4.46. The van der Waals surface area contributed by atoms with Crippen LogP contribution in [0.5, 0.6) is 0 Å². The Morgan fingerprint density at radius 3 is 2.10 bits per heavy atom. The Morgan fingerprint density at radius 1 is 1.05 bits per heavy atom. The van der Waals surface area contributed by atoms with Crippen LogP contribution in [-0.2, 0) is 0 Å². The summed E-state index contributed by atoms with van der Waals surface area (Å²) in [6.45, 7) is 3.95. The fraction of sp³-hybridized carbons (Fsp3) is 0.167. The van der Waals surface area contributed by atoms with Gasteiger partial charge >= 0.3 is 0 Å². The van der Waals surface area contributed by atoms with Gasteiger partial charge in [0.25, 0.3) is 0 Å². The van der Waals surface area contributed by atoms with Crippen molar-refractivity contribution in [3.8, 4) is 11.1 Å². The van der Waals surface area contributed by atoms with Gasteiger partial charge in [-0.25, -0.2) is 4.39 Å². The van der Waals surface area contributed by atoms with Crippen LogP contribution >= 0.6 is 0 Å². The SMILES string of the molecule is C/C(C=NC(C)c1ccc(-c2ccc(F)cc2)cc1)=C/N. The second-order valence-electron chi connectivity index (χ2n) is 4.99. The molecule has 0 heterocycles. The highest BCUT2D eigenvalue weighted by Crippen LogP contribution is 2.23. The Kier molecular flexibility index (Phi) is 4.88. The van der Waals surface area contributed by atoms with Crippen LogP contribution < -0.4 is 5.73 Å². The molecule has 2 N–H and O–H groups in total. The van der Waals surface area contributed by atoms with E-state index in [9.17, 15) is 4.39 Å². The molecule has 0 aliphatic rings. The summed E-state index contributed by atoms with van der Waals surface area (Å²) in [6, 6.07) is 14.7. The Labute approximate surface area is 124 Å². The van der Waals surface area contributed by atoms with Crippen LogP contribution in [0, 0.1) is 5.82 Å². The number of hydrogen-bond donors (Lipinski definition) is 1. The van der Waals surface area contributed by atoms with Gasteiger partial charge in [0, 0.05) is 6.21 Å². The Hall–Kier alpha value is -2.42. The topological polar surface area (TPSA) is 38.4 Å². The highest BCUT2D eigenvalue weighted by molar-refractivity contribution is 5.77. The van der Waals surface area contributed by atoms with E-state index in [1.54, 1.807) is 18.3 Å². The smallest absolute Gasteiger partial charge is 0.123 e. The zero-order chi connectivity index (χ0) is 15.2. The zero-order valence-electron chi connectivity index (χ0n) is 12.3. The van der Waals surface area contributed by atoms with Crippen molar-refractivity contribution >= 4 is 6.21 Å². The number of rotatable bonds is 4. The highest BCUT2D eigenvalue weighted by atomic mass is 19.1. The van der Waals surface area contributed by atoms with Crippen molar-refractivity contribution in [2.24, 2.45) is 10.7 Å². The molecule has 0 amide bonds. The van der Waals surface area contributed by atoms with Crippen molar-refractivity contribution in [1.82, 2.24) is 0 Å². The van der Waals surface area contributed by atoms with Crippen LogP contribution in [0.4, 0.5) is 4.39 Å². The van der Waals surface area contributed by atoms with E-state index < -0.39 is 0 Å². The second kappa shape index (κ2) is 6.84. The molecule has 0 fully saturated rings. The summed E-state index contributed by atoms with van der Waals surface area (Å²) in [5, 5.41) is 0. The van der Waals surface area contributed by atoms with E-state index >= 15 is 0 Å². The van der Waals surface area contributed by atoms with Crippen molar-refractivity contribution in [1.29, 1.82) is 0 Å². The molecular formula is C18H19FN2. The monoisotopic (exact) mass is 282 g/mol. The average Bonchev–Trinajstić information content (AvgIpc) is 2.53. The van der Waals surface area contributed by atoms with Crippen molar-refractivity contribution in [3.63, 3.8) is 0 Å². The third-order valence-corrected chi connectivity index (χ3v) is 3.34. The normalized spacial score (nSPS) is 13.6. The molecule has 2 aromatic rings. The largest absolute Gasteiger partial charge is 0.404 e. The predicted molar refractivity (Wildman–Crippen MR) is 86.7 cm³/mol. The minimum atomic E-state index is -0.221. The minimum absolute atomic E-state index is 0.0715. The number of halogens is 1. The van der Waals surface area contributed by atoms with E-state index in [1.807, 2.05) is 38.1 Å². The van der Waals surface area contributed by atoms with Crippen LogP contribution in [0.3, 0.4) is 0 Å². The predicted octanol–water partition coefficient (Wildman–Crippen LogP) is 4.49. The minimum Gasteiger partial charge on any atom is -0.404 e. The fourth-order valence-corrected chi connectivity index (χ4v) is 1.95. The molecule has 2 rings (SSSR count). The van der Waals surface area contributed by atoms with Crippen LogP contribution in [0.2, 0.25) is 0 Å². The van der Waals surface area contributed by atoms with Crippen molar-refractivity contribution < 1.29 is 4.39 Å². The van der Waals surface area contributed by atoms with Crippen molar-refractivity contribution in [2.45, 2.75) is 19.9 Å². The fourth-order valence-electron chi connectivity index (χ4n) is 1.95. The highest BCUT2D eigenvalue weighted by Gasteiger charge is 2.03. The second-order valence-corrected chi connectivity index (χ2v) is 4.99. The summed E-state index contributed by atoms with van der Waals surface area (Å²) in [6.07, 6.45) is 3.31. The van der Waals surface area contributed by atoms with Gasteiger partial charge in [-0.1, -0.05) is 36.4 Å². The Bertz CT molecular complexity index is 640. The van der Waals surface area contributed by atoms with Crippen molar-refractivity contribution in [3.05, 3.63) is 71.7 Å². The maximum atomic E-state index is 12.9. The van der Waals surface area contributed by atoms with E-state index in [-0.39, 0.29) is 11.9 Å². The van der Waals surface area contributed by atoms with Gasteiger partial charge < -0.3 is 5.73 Å². The van der Waals surface area contributed by atoms with Crippen LogP contribution in [0.25, 0.3) is 11.1 Å². The first-order valence-electron chi connectivity index (χ1n) is 6.87. The van der Waals surface area contributed by atoms with Gasteiger partial charge in [-0.05, 0) is 54.4 Å². The third-order valence-electron chi connectivity index (χ3n) is 3.34. The number of nitrogens with zero attached hydrogens (tertiary/aromatic N) is 1. The van der Waals surface area contributed by atoms with Crippen LogP contribution in [0.15, 0.2) is 65.3 Å². The van der Waals surface area contributed by atoms with Crippen molar-refractivity contribution in [2.75, 3.05) is 0 Å². The number of benzene rings is 2. The standard InChI is InChI=1S/C18H19FN2/c1-13(11-20)12-21-14(2)15-3-5-16(6-4-15)17-7-9-18(19)10-8-17/h3-12,14H,20H2,1-2H3/b13-11-,21-12?. The summed E-state index contributed by atoms with van der Waals surface area (Å²) < 4.78 is 12.9. The molecule has 3 heteroatoms. The average molecular weight is 282 g/mol. The maximum absolute atomic E-state index is 12.9. The Morgan fingerprint density at radius 2 is 1.57 bits per heavy atom. The number of allylic oxidation sites excluding steroid dienone is 1. The van der Waals surface area contributed by atoms with E-state index in [0.29, 0.717) is 0 Å². The number of hydrogen-bond acceptors (Lipinski definition) is 2. The first-order valence-corrected chi connectivity index (χ1v) is 6.87.